The summed E-state index contributed by atoms with van der Waals surface area (Å²) in [6.07, 6.45) is 2.64. The highest BCUT2D eigenvalue weighted by molar-refractivity contribution is 6.29. The second kappa shape index (κ2) is 5.76. The van der Waals surface area contributed by atoms with Crippen molar-refractivity contribution < 1.29 is 4.74 Å². The molecule has 2 rings (SSSR count). The standard InChI is InChI=1S/C12H18ClN3O/c1-9-6-11(13)15-12(14-9)8-16-5-3-4-10(7-16)17-2/h6,10H,3-5,7-8H2,1-2H3. The second-order valence-corrected chi connectivity index (χ2v) is 4.87. The summed E-state index contributed by atoms with van der Waals surface area (Å²) in [5.74, 6) is 0.798. The van der Waals surface area contributed by atoms with Crippen LogP contribution in [0.2, 0.25) is 5.15 Å². The monoisotopic (exact) mass is 255 g/mol. The molecule has 0 spiro atoms. The maximum atomic E-state index is 5.93. The van der Waals surface area contributed by atoms with Gasteiger partial charge in [-0.05, 0) is 32.4 Å². The molecular formula is C12H18ClN3O. The van der Waals surface area contributed by atoms with E-state index in [0.29, 0.717) is 11.3 Å². The molecule has 0 amide bonds. The van der Waals surface area contributed by atoms with Crippen molar-refractivity contribution in [3.05, 3.63) is 22.7 Å². The van der Waals surface area contributed by atoms with Gasteiger partial charge in [0.2, 0.25) is 0 Å². The van der Waals surface area contributed by atoms with E-state index < -0.39 is 0 Å². The van der Waals surface area contributed by atoms with E-state index in [9.17, 15) is 0 Å². The van der Waals surface area contributed by atoms with Crippen molar-refractivity contribution in [2.24, 2.45) is 0 Å². The van der Waals surface area contributed by atoms with Gasteiger partial charge in [-0.25, -0.2) is 9.97 Å². The SMILES string of the molecule is COC1CCCN(Cc2nc(C)cc(Cl)n2)C1. The Hall–Kier alpha value is -0.710. The Bertz CT molecular complexity index is 366. The summed E-state index contributed by atoms with van der Waals surface area (Å²) in [7, 11) is 1.77. The fraction of sp³-hybridized carbons (Fsp3) is 0.667. The van der Waals surface area contributed by atoms with Gasteiger partial charge in [-0.2, -0.15) is 0 Å². The predicted molar refractivity (Wildman–Crippen MR) is 67.1 cm³/mol. The summed E-state index contributed by atoms with van der Waals surface area (Å²) in [5, 5.41) is 0.521. The van der Waals surface area contributed by atoms with E-state index in [1.807, 2.05) is 6.92 Å². The fourth-order valence-corrected chi connectivity index (χ4v) is 2.46. The first-order chi connectivity index (χ1) is 8.17. The quantitative estimate of drug-likeness (QED) is 0.775. The summed E-state index contributed by atoms with van der Waals surface area (Å²) >= 11 is 5.93. The minimum Gasteiger partial charge on any atom is -0.380 e. The van der Waals surface area contributed by atoms with E-state index >= 15 is 0 Å². The molecule has 0 aliphatic carbocycles. The zero-order valence-electron chi connectivity index (χ0n) is 10.3. The van der Waals surface area contributed by atoms with Crippen LogP contribution in [-0.2, 0) is 11.3 Å². The molecule has 0 aromatic carbocycles. The maximum absolute atomic E-state index is 5.93. The summed E-state index contributed by atoms with van der Waals surface area (Å²) in [5.41, 5.74) is 0.917. The fourth-order valence-electron chi connectivity index (χ4n) is 2.21. The van der Waals surface area contributed by atoms with Crippen LogP contribution in [0.5, 0.6) is 0 Å². The number of rotatable bonds is 3. The van der Waals surface area contributed by atoms with Gasteiger partial charge in [0, 0.05) is 19.3 Å². The number of nitrogens with zero attached hydrogens (tertiary/aromatic N) is 3. The molecule has 1 aromatic heterocycles. The smallest absolute Gasteiger partial charge is 0.144 e. The van der Waals surface area contributed by atoms with Gasteiger partial charge in [0.1, 0.15) is 11.0 Å². The number of halogens is 1. The minimum atomic E-state index is 0.337. The van der Waals surface area contributed by atoms with Crippen molar-refractivity contribution in [2.45, 2.75) is 32.4 Å². The van der Waals surface area contributed by atoms with E-state index in [1.165, 1.54) is 0 Å². The van der Waals surface area contributed by atoms with E-state index in [-0.39, 0.29) is 0 Å². The normalized spacial score (nSPS) is 21.7. The predicted octanol–water partition coefficient (Wildman–Crippen LogP) is 2.05. The summed E-state index contributed by atoms with van der Waals surface area (Å²) in [4.78, 5) is 11.0. The number of ether oxygens (including phenoxy) is 1. The zero-order valence-corrected chi connectivity index (χ0v) is 11.1. The van der Waals surface area contributed by atoms with Gasteiger partial charge in [-0.15, -0.1) is 0 Å². The van der Waals surface area contributed by atoms with Crippen molar-refractivity contribution in [2.75, 3.05) is 20.2 Å². The van der Waals surface area contributed by atoms with E-state index in [4.69, 9.17) is 16.3 Å². The topological polar surface area (TPSA) is 38.2 Å². The second-order valence-electron chi connectivity index (χ2n) is 4.48. The Morgan fingerprint density at radius 1 is 1.53 bits per heavy atom. The van der Waals surface area contributed by atoms with Crippen LogP contribution >= 0.6 is 11.6 Å². The van der Waals surface area contributed by atoms with E-state index in [2.05, 4.69) is 14.9 Å². The molecule has 0 radical (unpaired) electrons. The Morgan fingerprint density at radius 3 is 3.06 bits per heavy atom. The third-order valence-electron chi connectivity index (χ3n) is 3.03. The summed E-state index contributed by atoms with van der Waals surface area (Å²) in [6, 6.07) is 1.78. The lowest BCUT2D eigenvalue weighted by molar-refractivity contribution is 0.0276. The maximum Gasteiger partial charge on any atom is 0.144 e. The number of aromatic nitrogens is 2. The van der Waals surface area contributed by atoms with Crippen molar-refractivity contribution in [3.63, 3.8) is 0 Å². The molecule has 5 heteroatoms. The summed E-state index contributed by atoms with van der Waals surface area (Å²) < 4.78 is 5.40. The lowest BCUT2D eigenvalue weighted by Crippen LogP contribution is -2.39. The number of aryl methyl sites for hydroxylation is 1. The van der Waals surface area contributed by atoms with Crippen LogP contribution in [-0.4, -0.2) is 41.2 Å². The van der Waals surface area contributed by atoms with Gasteiger partial charge in [0.25, 0.3) is 0 Å². The van der Waals surface area contributed by atoms with Crippen LogP contribution in [0.15, 0.2) is 6.07 Å². The number of methoxy groups -OCH3 is 1. The molecule has 4 nitrogen and oxygen atoms in total. The number of hydrogen-bond donors (Lipinski definition) is 0. The van der Waals surface area contributed by atoms with Crippen LogP contribution in [0, 0.1) is 6.92 Å². The number of likely N-dealkylation sites (tertiary alicyclic amines) is 1. The van der Waals surface area contributed by atoms with Crippen LogP contribution in [0.4, 0.5) is 0 Å². The lowest BCUT2D eigenvalue weighted by atomic mass is 10.1. The van der Waals surface area contributed by atoms with Crippen molar-refractivity contribution >= 4 is 11.6 Å². The van der Waals surface area contributed by atoms with E-state index in [0.717, 1.165) is 44.0 Å². The molecule has 1 unspecified atom stereocenters. The Kier molecular flexibility index (Phi) is 4.31. The largest absolute Gasteiger partial charge is 0.380 e. The van der Waals surface area contributed by atoms with Gasteiger partial charge < -0.3 is 4.74 Å². The molecule has 94 valence electrons. The van der Waals surface area contributed by atoms with Crippen molar-refractivity contribution in [1.82, 2.24) is 14.9 Å². The number of hydrogen-bond acceptors (Lipinski definition) is 4. The Balaban J connectivity index is 2.00. The molecule has 0 N–H and O–H groups in total. The molecule has 1 atom stereocenters. The first-order valence-corrected chi connectivity index (χ1v) is 6.30. The molecule has 1 aliphatic rings. The van der Waals surface area contributed by atoms with Gasteiger partial charge in [0.05, 0.1) is 12.6 Å². The zero-order chi connectivity index (χ0) is 12.3. The first kappa shape index (κ1) is 12.7. The number of piperidine rings is 1. The van der Waals surface area contributed by atoms with Gasteiger partial charge in [0.15, 0.2) is 0 Å². The third kappa shape index (κ3) is 3.63. The molecule has 1 fully saturated rings. The first-order valence-electron chi connectivity index (χ1n) is 5.92. The van der Waals surface area contributed by atoms with E-state index in [1.54, 1.807) is 13.2 Å². The lowest BCUT2D eigenvalue weighted by Gasteiger charge is -2.31. The van der Waals surface area contributed by atoms with Crippen LogP contribution in [0.3, 0.4) is 0 Å². The molecule has 0 bridgehead atoms. The third-order valence-corrected chi connectivity index (χ3v) is 3.22. The molecular weight excluding hydrogens is 238 g/mol. The van der Waals surface area contributed by atoms with Gasteiger partial charge >= 0.3 is 0 Å². The highest BCUT2D eigenvalue weighted by Crippen LogP contribution is 2.15. The highest BCUT2D eigenvalue weighted by atomic mass is 35.5. The molecule has 1 saturated heterocycles. The van der Waals surface area contributed by atoms with Crippen molar-refractivity contribution in [1.29, 1.82) is 0 Å². The average Bonchev–Trinajstić information content (AvgIpc) is 2.28. The van der Waals surface area contributed by atoms with Crippen molar-refractivity contribution in [3.8, 4) is 0 Å². The Morgan fingerprint density at radius 2 is 2.35 bits per heavy atom. The molecule has 1 aromatic rings. The van der Waals surface area contributed by atoms with Crippen LogP contribution in [0.1, 0.15) is 24.4 Å². The van der Waals surface area contributed by atoms with Gasteiger partial charge in [-0.1, -0.05) is 11.6 Å². The average molecular weight is 256 g/mol. The minimum absolute atomic E-state index is 0.337. The summed E-state index contributed by atoms with van der Waals surface area (Å²) in [6.45, 7) is 4.71. The molecule has 17 heavy (non-hydrogen) atoms. The van der Waals surface area contributed by atoms with Gasteiger partial charge in [-0.3, -0.25) is 4.90 Å². The highest BCUT2D eigenvalue weighted by Gasteiger charge is 2.20. The molecule has 2 heterocycles. The molecule has 0 saturated carbocycles. The van der Waals surface area contributed by atoms with Crippen LogP contribution < -0.4 is 0 Å². The Labute approximate surface area is 107 Å². The molecule has 1 aliphatic heterocycles. The van der Waals surface area contributed by atoms with Crippen LogP contribution in [0.25, 0.3) is 0 Å².